The smallest absolute Gasteiger partial charge is 0.159 e. The summed E-state index contributed by atoms with van der Waals surface area (Å²) in [5.41, 5.74) is -0.0339. The summed E-state index contributed by atoms with van der Waals surface area (Å²) >= 11 is 7.09. The van der Waals surface area contributed by atoms with Gasteiger partial charge >= 0.3 is 0 Å². The predicted octanol–water partition coefficient (Wildman–Crippen LogP) is 1.94. The van der Waals surface area contributed by atoms with Crippen LogP contribution in [0.2, 0.25) is 0 Å². The second kappa shape index (κ2) is 6.82. The van der Waals surface area contributed by atoms with Gasteiger partial charge in [0.25, 0.3) is 0 Å². The van der Waals surface area contributed by atoms with Gasteiger partial charge in [-0.1, -0.05) is 31.9 Å². The Balaban J connectivity index is 1.69. The first-order valence-electron chi connectivity index (χ1n) is 5.82. The van der Waals surface area contributed by atoms with Gasteiger partial charge in [0.2, 0.25) is 0 Å². The minimum atomic E-state index is -0.0339. The lowest BCUT2D eigenvalue weighted by atomic mass is 9.96. The highest BCUT2D eigenvalue weighted by molar-refractivity contribution is 9.09. The normalized spacial score (nSPS) is 27.9. The van der Waals surface area contributed by atoms with Crippen molar-refractivity contribution < 1.29 is 18.9 Å². The number of epoxide rings is 1. The van der Waals surface area contributed by atoms with Crippen LogP contribution in [0.15, 0.2) is 0 Å². The van der Waals surface area contributed by atoms with Crippen LogP contribution in [0.3, 0.4) is 0 Å². The number of alkyl halides is 2. The summed E-state index contributed by atoms with van der Waals surface area (Å²) in [6.45, 7) is 3.63. The van der Waals surface area contributed by atoms with Gasteiger partial charge in [-0.2, -0.15) is 0 Å². The van der Waals surface area contributed by atoms with E-state index in [-0.39, 0.29) is 11.7 Å². The highest BCUT2D eigenvalue weighted by Crippen LogP contribution is 2.27. The Bertz CT molecular complexity index is 228. The lowest BCUT2D eigenvalue weighted by Crippen LogP contribution is -2.40. The van der Waals surface area contributed by atoms with Gasteiger partial charge in [-0.3, -0.25) is 0 Å². The van der Waals surface area contributed by atoms with Crippen molar-refractivity contribution in [2.45, 2.75) is 18.8 Å². The Hall–Kier alpha value is 0.800. The van der Waals surface area contributed by atoms with Crippen LogP contribution in [0.25, 0.3) is 0 Å². The minimum Gasteiger partial charge on any atom is -0.378 e. The third-order valence-electron chi connectivity index (χ3n) is 2.91. The fourth-order valence-corrected chi connectivity index (χ4v) is 2.99. The lowest BCUT2D eigenvalue weighted by molar-refractivity contribution is -0.226. The number of hydrogen-bond acceptors (Lipinski definition) is 4. The molecule has 17 heavy (non-hydrogen) atoms. The molecule has 100 valence electrons. The minimum absolute atomic E-state index is 0.0146. The van der Waals surface area contributed by atoms with E-state index in [1.165, 1.54) is 0 Å². The largest absolute Gasteiger partial charge is 0.378 e. The molecule has 0 aliphatic carbocycles. The summed E-state index contributed by atoms with van der Waals surface area (Å²) in [5.74, 6) is 0. The monoisotopic (exact) mass is 372 g/mol. The topological polar surface area (TPSA) is 40.2 Å². The SMILES string of the molecule is BrCC(CBr)(COCC1CO1)COC1CCO1. The van der Waals surface area contributed by atoms with Gasteiger partial charge < -0.3 is 18.9 Å². The first kappa shape index (κ1) is 14.2. The van der Waals surface area contributed by atoms with Crippen molar-refractivity contribution in [3.05, 3.63) is 0 Å². The van der Waals surface area contributed by atoms with E-state index in [2.05, 4.69) is 31.9 Å². The number of ether oxygens (including phenoxy) is 4. The Morgan fingerprint density at radius 2 is 1.88 bits per heavy atom. The molecule has 0 saturated carbocycles. The molecule has 2 atom stereocenters. The van der Waals surface area contributed by atoms with Crippen LogP contribution in [0.4, 0.5) is 0 Å². The maximum absolute atomic E-state index is 5.70. The van der Waals surface area contributed by atoms with Gasteiger partial charge in [-0.15, -0.1) is 0 Å². The summed E-state index contributed by atoms with van der Waals surface area (Å²) in [4.78, 5) is 0. The summed E-state index contributed by atoms with van der Waals surface area (Å²) in [6.07, 6.45) is 1.30. The lowest BCUT2D eigenvalue weighted by Gasteiger charge is -2.34. The van der Waals surface area contributed by atoms with Crippen molar-refractivity contribution in [2.24, 2.45) is 5.41 Å². The standard InChI is InChI=1S/C11H18Br2O4/c12-5-11(6-13,7-14-3-9-4-16-9)8-17-10-1-2-15-10/h9-10H,1-8H2. The van der Waals surface area contributed by atoms with Crippen molar-refractivity contribution in [1.29, 1.82) is 0 Å². The van der Waals surface area contributed by atoms with Crippen molar-refractivity contribution in [3.8, 4) is 0 Å². The molecule has 2 aliphatic rings. The zero-order valence-corrected chi connectivity index (χ0v) is 12.9. The van der Waals surface area contributed by atoms with Crippen molar-refractivity contribution in [2.75, 3.05) is 43.7 Å². The van der Waals surface area contributed by atoms with Crippen molar-refractivity contribution >= 4 is 31.9 Å². The molecule has 2 saturated heterocycles. The molecule has 2 rings (SSSR count). The number of hydrogen-bond donors (Lipinski definition) is 0. The number of halogens is 2. The van der Waals surface area contributed by atoms with Gasteiger partial charge in [-0.05, 0) is 0 Å². The second-order valence-electron chi connectivity index (χ2n) is 4.64. The van der Waals surface area contributed by atoms with Crippen LogP contribution in [0, 0.1) is 5.41 Å². The average molecular weight is 374 g/mol. The first-order valence-corrected chi connectivity index (χ1v) is 8.07. The van der Waals surface area contributed by atoms with E-state index in [0.717, 1.165) is 30.3 Å². The van der Waals surface area contributed by atoms with E-state index in [1.807, 2.05) is 0 Å². The fourth-order valence-electron chi connectivity index (χ4n) is 1.42. The number of rotatable bonds is 9. The summed E-state index contributed by atoms with van der Waals surface area (Å²) in [7, 11) is 0. The molecule has 0 aromatic carbocycles. The van der Waals surface area contributed by atoms with Crippen molar-refractivity contribution in [1.82, 2.24) is 0 Å². The predicted molar refractivity (Wildman–Crippen MR) is 70.9 cm³/mol. The molecule has 2 heterocycles. The van der Waals surface area contributed by atoms with Gasteiger partial charge in [-0.25, -0.2) is 0 Å². The van der Waals surface area contributed by atoms with Crippen LogP contribution >= 0.6 is 31.9 Å². The zero-order chi connectivity index (χ0) is 12.1. The van der Waals surface area contributed by atoms with E-state index >= 15 is 0 Å². The molecule has 0 amide bonds. The third-order valence-corrected chi connectivity index (χ3v) is 5.29. The van der Waals surface area contributed by atoms with E-state index in [4.69, 9.17) is 18.9 Å². The Morgan fingerprint density at radius 3 is 2.35 bits per heavy atom. The van der Waals surface area contributed by atoms with Crippen molar-refractivity contribution in [3.63, 3.8) is 0 Å². The van der Waals surface area contributed by atoms with Gasteiger partial charge in [0, 0.05) is 22.5 Å². The summed E-state index contributed by atoms with van der Waals surface area (Å²) < 4.78 is 21.8. The van der Waals surface area contributed by atoms with Crippen LogP contribution in [0.1, 0.15) is 6.42 Å². The molecule has 2 aliphatic heterocycles. The molecular formula is C11H18Br2O4. The maximum atomic E-state index is 5.70. The van der Waals surface area contributed by atoms with E-state index in [9.17, 15) is 0 Å². The fraction of sp³-hybridized carbons (Fsp3) is 1.00. The van der Waals surface area contributed by atoms with Crippen LogP contribution in [-0.4, -0.2) is 56.1 Å². The van der Waals surface area contributed by atoms with Gasteiger partial charge in [0.05, 0.1) is 33.0 Å². The molecule has 6 heteroatoms. The first-order chi connectivity index (χ1) is 8.28. The van der Waals surface area contributed by atoms with E-state index < -0.39 is 0 Å². The van der Waals surface area contributed by atoms with Gasteiger partial charge in [0.15, 0.2) is 6.29 Å². The molecule has 0 radical (unpaired) electrons. The van der Waals surface area contributed by atoms with E-state index in [1.54, 1.807) is 0 Å². The summed E-state index contributed by atoms with van der Waals surface area (Å²) in [6, 6.07) is 0. The Labute approximate surface area is 119 Å². The van der Waals surface area contributed by atoms with Crippen LogP contribution < -0.4 is 0 Å². The van der Waals surface area contributed by atoms with E-state index in [0.29, 0.717) is 25.9 Å². The molecular weight excluding hydrogens is 356 g/mol. The highest BCUT2D eigenvalue weighted by Gasteiger charge is 2.33. The second-order valence-corrected chi connectivity index (χ2v) is 5.76. The van der Waals surface area contributed by atoms with Crippen LogP contribution in [0.5, 0.6) is 0 Å². The molecule has 0 bridgehead atoms. The molecule has 0 aromatic rings. The molecule has 2 fully saturated rings. The maximum Gasteiger partial charge on any atom is 0.159 e. The highest BCUT2D eigenvalue weighted by atomic mass is 79.9. The molecule has 2 unspecified atom stereocenters. The molecule has 0 N–H and O–H groups in total. The third kappa shape index (κ3) is 4.44. The molecule has 0 aromatic heterocycles. The Morgan fingerprint density at radius 1 is 1.18 bits per heavy atom. The van der Waals surface area contributed by atoms with Gasteiger partial charge in [0.1, 0.15) is 6.10 Å². The quantitative estimate of drug-likeness (QED) is 0.457. The summed E-state index contributed by atoms with van der Waals surface area (Å²) in [5, 5.41) is 1.67. The molecule has 0 spiro atoms. The zero-order valence-electron chi connectivity index (χ0n) is 9.70. The average Bonchev–Trinajstić information content (AvgIpc) is 3.09. The Kier molecular flexibility index (Phi) is 5.70. The van der Waals surface area contributed by atoms with Crippen LogP contribution in [-0.2, 0) is 18.9 Å². The molecule has 4 nitrogen and oxygen atoms in total.